The van der Waals surface area contributed by atoms with Gasteiger partial charge in [-0.3, -0.25) is 15.0 Å². The summed E-state index contributed by atoms with van der Waals surface area (Å²) in [6.07, 6.45) is 0. The van der Waals surface area contributed by atoms with E-state index in [1.54, 1.807) is 48.5 Å². The number of nitrogens with one attached hydrogen (secondary N) is 1. The van der Waals surface area contributed by atoms with E-state index in [1.165, 1.54) is 0 Å². The van der Waals surface area contributed by atoms with Crippen LogP contribution in [0.25, 0.3) is 10.8 Å². The zero-order chi connectivity index (χ0) is 16.6. The van der Waals surface area contributed by atoms with Crippen LogP contribution in [0.1, 0.15) is 10.4 Å². The highest BCUT2D eigenvalue weighted by Crippen LogP contribution is 2.19. The summed E-state index contributed by atoms with van der Waals surface area (Å²) in [6.45, 7) is 0. The lowest BCUT2D eigenvalue weighted by atomic mass is 10.2. The molecule has 0 radical (unpaired) electrons. The molecule has 1 amide bonds. The average molecular weight is 437 g/mol. The lowest BCUT2D eigenvalue weighted by Gasteiger charge is -2.12. The standard InChI is InChI=1S/C16H11Br2N3O2/c17-11-3-1-9(2-4-11)15(22)20-21-14(19)8-10-7-12(18)5-6-13(10)16(21)23/h1-8H,19H2,(H,20,22). The van der Waals surface area contributed by atoms with Crippen molar-refractivity contribution >= 4 is 54.4 Å². The van der Waals surface area contributed by atoms with Crippen molar-refractivity contribution in [3.63, 3.8) is 0 Å². The summed E-state index contributed by atoms with van der Waals surface area (Å²) < 4.78 is 2.77. The summed E-state index contributed by atoms with van der Waals surface area (Å²) in [5, 5.41) is 1.18. The molecule has 0 aliphatic carbocycles. The fraction of sp³-hybridized carbons (Fsp3) is 0. The number of nitrogens with zero attached hydrogens (tertiary/aromatic N) is 1. The molecule has 0 saturated heterocycles. The van der Waals surface area contributed by atoms with E-state index in [0.29, 0.717) is 16.3 Å². The van der Waals surface area contributed by atoms with Gasteiger partial charge in [0.15, 0.2) is 0 Å². The SMILES string of the molecule is Nc1cc2cc(Br)ccc2c(=O)n1NC(=O)c1ccc(Br)cc1. The zero-order valence-corrected chi connectivity index (χ0v) is 14.9. The number of pyridine rings is 1. The van der Waals surface area contributed by atoms with Crippen molar-refractivity contribution in [2.24, 2.45) is 0 Å². The average Bonchev–Trinajstić information content (AvgIpc) is 2.51. The van der Waals surface area contributed by atoms with Crippen molar-refractivity contribution in [3.8, 4) is 0 Å². The Bertz CT molecular complexity index is 965. The van der Waals surface area contributed by atoms with E-state index in [2.05, 4.69) is 37.3 Å². The summed E-state index contributed by atoms with van der Waals surface area (Å²) in [4.78, 5) is 24.8. The number of fused-ring (bicyclic) bond motifs is 1. The first kappa shape index (κ1) is 15.8. The number of hydrogen-bond acceptors (Lipinski definition) is 3. The second-order valence-corrected chi connectivity index (χ2v) is 6.72. The quantitative estimate of drug-likeness (QED) is 0.645. The highest BCUT2D eigenvalue weighted by molar-refractivity contribution is 9.10. The van der Waals surface area contributed by atoms with Crippen molar-refractivity contribution in [2.45, 2.75) is 0 Å². The maximum Gasteiger partial charge on any atom is 0.278 e. The first-order valence-electron chi connectivity index (χ1n) is 6.63. The van der Waals surface area contributed by atoms with Crippen molar-refractivity contribution in [1.82, 2.24) is 4.68 Å². The molecule has 0 bridgehead atoms. The van der Waals surface area contributed by atoms with Gasteiger partial charge in [0.25, 0.3) is 11.5 Å². The van der Waals surface area contributed by atoms with Crippen LogP contribution in [0.15, 0.2) is 62.3 Å². The van der Waals surface area contributed by atoms with Crippen molar-refractivity contribution < 1.29 is 4.79 Å². The first-order chi connectivity index (χ1) is 11.0. The molecule has 7 heteroatoms. The van der Waals surface area contributed by atoms with Crippen LogP contribution >= 0.6 is 31.9 Å². The van der Waals surface area contributed by atoms with Gasteiger partial charge >= 0.3 is 0 Å². The summed E-state index contributed by atoms with van der Waals surface area (Å²) >= 11 is 6.66. The Balaban J connectivity index is 2.03. The van der Waals surface area contributed by atoms with Crippen molar-refractivity contribution in [1.29, 1.82) is 0 Å². The number of hydrogen-bond donors (Lipinski definition) is 2. The van der Waals surface area contributed by atoms with Crippen LogP contribution in [0.5, 0.6) is 0 Å². The van der Waals surface area contributed by atoms with Gasteiger partial charge in [-0.1, -0.05) is 31.9 Å². The summed E-state index contributed by atoms with van der Waals surface area (Å²) in [5.74, 6) is -0.256. The Morgan fingerprint density at radius 1 is 1.00 bits per heavy atom. The summed E-state index contributed by atoms with van der Waals surface area (Å²) in [5.41, 5.74) is 8.50. The predicted octanol–water partition coefficient (Wildman–Crippen LogP) is 3.49. The van der Waals surface area contributed by atoms with E-state index in [0.717, 1.165) is 13.6 Å². The molecule has 0 atom stereocenters. The minimum Gasteiger partial charge on any atom is -0.384 e. The van der Waals surface area contributed by atoms with Crippen LogP contribution in [0.2, 0.25) is 0 Å². The first-order valence-corrected chi connectivity index (χ1v) is 8.22. The van der Waals surface area contributed by atoms with Crippen molar-refractivity contribution in [3.05, 3.63) is 73.4 Å². The monoisotopic (exact) mass is 435 g/mol. The third kappa shape index (κ3) is 3.16. The molecular weight excluding hydrogens is 426 g/mol. The maximum atomic E-state index is 12.5. The third-order valence-corrected chi connectivity index (χ3v) is 4.35. The molecule has 0 aliphatic rings. The number of nitrogens with two attached hydrogens (primary N) is 1. The van der Waals surface area contributed by atoms with E-state index in [-0.39, 0.29) is 11.4 Å². The zero-order valence-electron chi connectivity index (χ0n) is 11.7. The smallest absolute Gasteiger partial charge is 0.278 e. The fourth-order valence-electron chi connectivity index (χ4n) is 2.19. The number of carbonyl (C=O) groups is 1. The number of benzene rings is 2. The molecule has 3 aromatic rings. The summed E-state index contributed by atoms with van der Waals surface area (Å²) in [7, 11) is 0. The maximum absolute atomic E-state index is 12.5. The molecule has 2 aromatic carbocycles. The van der Waals surface area contributed by atoms with Gasteiger partial charge in [-0.2, -0.15) is 0 Å². The lowest BCUT2D eigenvalue weighted by molar-refractivity contribution is 0.101. The largest absolute Gasteiger partial charge is 0.384 e. The number of aromatic nitrogens is 1. The molecule has 0 aliphatic heterocycles. The second kappa shape index (κ2) is 6.17. The number of amides is 1. The second-order valence-electron chi connectivity index (χ2n) is 4.89. The number of rotatable bonds is 2. The molecule has 3 N–H and O–H groups in total. The molecule has 0 fully saturated rings. The number of carbonyl (C=O) groups excluding carboxylic acids is 1. The van der Waals surface area contributed by atoms with Gasteiger partial charge in [0, 0.05) is 19.9 Å². The molecule has 116 valence electrons. The Kier molecular flexibility index (Phi) is 4.23. The highest BCUT2D eigenvalue weighted by atomic mass is 79.9. The Morgan fingerprint density at radius 2 is 1.65 bits per heavy atom. The number of anilines is 1. The van der Waals surface area contributed by atoms with Gasteiger partial charge in [-0.05, 0) is 53.9 Å². The van der Waals surface area contributed by atoms with Crippen LogP contribution in [0, 0.1) is 0 Å². The molecule has 1 aromatic heterocycles. The van der Waals surface area contributed by atoms with E-state index in [4.69, 9.17) is 5.73 Å². The van der Waals surface area contributed by atoms with Gasteiger partial charge in [0.2, 0.25) is 0 Å². The molecular formula is C16H11Br2N3O2. The molecule has 1 heterocycles. The van der Waals surface area contributed by atoms with Crippen LogP contribution in [-0.4, -0.2) is 10.6 Å². The molecule has 3 rings (SSSR count). The molecule has 0 spiro atoms. The van der Waals surface area contributed by atoms with E-state index in [9.17, 15) is 9.59 Å². The van der Waals surface area contributed by atoms with Gasteiger partial charge < -0.3 is 5.73 Å². The number of nitrogen functional groups attached to an aromatic ring is 1. The van der Waals surface area contributed by atoms with Gasteiger partial charge in [0.05, 0.1) is 0 Å². The van der Waals surface area contributed by atoms with Gasteiger partial charge in [0.1, 0.15) is 5.82 Å². The third-order valence-electron chi connectivity index (χ3n) is 3.33. The molecule has 23 heavy (non-hydrogen) atoms. The normalized spacial score (nSPS) is 10.7. The number of halogens is 2. The minimum absolute atomic E-state index is 0.158. The van der Waals surface area contributed by atoms with Crippen LogP contribution in [0.4, 0.5) is 5.82 Å². The van der Waals surface area contributed by atoms with E-state index < -0.39 is 5.91 Å². The van der Waals surface area contributed by atoms with Crippen LogP contribution < -0.4 is 16.7 Å². The van der Waals surface area contributed by atoms with Crippen LogP contribution in [-0.2, 0) is 0 Å². The highest BCUT2D eigenvalue weighted by Gasteiger charge is 2.12. The van der Waals surface area contributed by atoms with Crippen molar-refractivity contribution in [2.75, 3.05) is 11.2 Å². The van der Waals surface area contributed by atoms with E-state index >= 15 is 0 Å². The topological polar surface area (TPSA) is 77.1 Å². The molecule has 0 unspecified atom stereocenters. The predicted molar refractivity (Wildman–Crippen MR) is 98.2 cm³/mol. The minimum atomic E-state index is -0.414. The van der Waals surface area contributed by atoms with E-state index in [1.807, 2.05) is 0 Å². The fourth-order valence-corrected chi connectivity index (χ4v) is 2.84. The van der Waals surface area contributed by atoms with Crippen LogP contribution in [0.3, 0.4) is 0 Å². The Morgan fingerprint density at radius 3 is 2.35 bits per heavy atom. The Hall–Kier alpha value is -2.12. The molecule has 5 nitrogen and oxygen atoms in total. The van der Waals surface area contributed by atoms with Gasteiger partial charge in [-0.25, -0.2) is 4.68 Å². The molecule has 0 saturated carbocycles. The lowest BCUT2D eigenvalue weighted by Crippen LogP contribution is -2.34. The Labute approximate surface area is 148 Å². The van der Waals surface area contributed by atoms with Gasteiger partial charge in [-0.15, -0.1) is 0 Å². The summed E-state index contributed by atoms with van der Waals surface area (Å²) in [6, 6.07) is 13.7.